The van der Waals surface area contributed by atoms with Gasteiger partial charge in [-0.05, 0) is 65.2 Å². The van der Waals surface area contributed by atoms with E-state index in [1.165, 1.54) is 0 Å². The van der Waals surface area contributed by atoms with E-state index in [2.05, 4.69) is 10.6 Å². The Morgan fingerprint density at radius 3 is 2.56 bits per heavy atom. The highest BCUT2D eigenvalue weighted by atomic mass is 35.5. The van der Waals surface area contributed by atoms with Gasteiger partial charge < -0.3 is 21.3 Å². The lowest BCUT2D eigenvalue weighted by Crippen LogP contribution is -2.51. The van der Waals surface area contributed by atoms with E-state index in [1.54, 1.807) is 18.2 Å². The SMILES string of the molecule is CC(N)C1CCCCN1C(=O)c1cc(NC(=O)NC(C)(C)C)ccc1Cl.Cl. The molecule has 1 saturated heterocycles. The molecule has 1 aliphatic rings. The lowest BCUT2D eigenvalue weighted by atomic mass is 9.96. The number of carbonyl (C=O) groups is 2. The Labute approximate surface area is 172 Å². The highest BCUT2D eigenvalue weighted by Crippen LogP contribution is 2.26. The Balaban J connectivity index is 0.00000364. The van der Waals surface area contributed by atoms with E-state index in [1.807, 2.05) is 32.6 Å². The number of amides is 3. The average molecular weight is 417 g/mol. The molecule has 0 aliphatic carbocycles. The molecule has 2 rings (SSSR count). The predicted octanol–water partition coefficient (Wildman–Crippen LogP) is 4.02. The van der Waals surface area contributed by atoms with Crippen LogP contribution < -0.4 is 16.4 Å². The van der Waals surface area contributed by atoms with Gasteiger partial charge >= 0.3 is 6.03 Å². The van der Waals surface area contributed by atoms with Gasteiger partial charge in [0.1, 0.15) is 0 Å². The van der Waals surface area contributed by atoms with E-state index in [0.29, 0.717) is 22.8 Å². The molecule has 1 aromatic rings. The Morgan fingerprint density at radius 2 is 1.96 bits per heavy atom. The van der Waals surface area contributed by atoms with Crippen LogP contribution >= 0.6 is 24.0 Å². The first-order valence-electron chi connectivity index (χ1n) is 9.04. The molecule has 2 atom stereocenters. The maximum absolute atomic E-state index is 13.1. The van der Waals surface area contributed by atoms with E-state index in [-0.39, 0.29) is 42.0 Å². The number of nitrogens with zero attached hydrogens (tertiary/aromatic N) is 1. The van der Waals surface area contributed by atoms with E-state index >= 15 is 0 Å². The molecule has 3 amide bonds. The van der Waals surface area contributed by atoms with Crippen molar-refractivity contribution in [2.75, 3.05) is 11.9 Å². The fraction of sp³-hybridized carbons (Fsp3) is 0.579. The number of likely N-dealkylation sites (tertiary alicyclic amines) is 1. The van der Waals surface area contributed by atoms with Crippen molar-refractivity contribution in [1.29, 1.82) is 0 Å². The summed E-state index contributed by atoms with van der Waals surface area (Å²) in [6.45, 7) is 8.28. The minimum Gasteiger partial charge on any atom is -0.334 e. The Hall–Kier alpha value is -1.50. The van der Waals surface area contributed by atoms with Gasteiger partial charge in [-0.3, -0.25) is 4.79 Å². The summed E-state index contributed by atoms with van der Waals surface area (Å²) in [6, 6.07) is 4.52. The number of nitrogens with one attached hydrogen (secondary N) is 2. The second-order valence-electron chi connectivity index (χ2n) is 7.94. The Kier molecular flexibility index (Phi) is 8.39. The predicted molar refractivity (Wildman–Crippen MR) is 113 cm³/mol. The van der Waals surface area contributed by atoms with Crippen molar-refractivity contribution < 1.29 is 9.59 Å². The molecule has 8 heteroatoms. The molecule has 27 heavy (non-hydrogen) atoms. The first kappa shape index (κ1) is 23.5. The third-order valence-electron chi connectivity index (χ3n) is 4.36. The van der Waals surface area contributed by atoms with Crippen LogP contribution in [0, 0.1) is 0 Å². The first-order chi connectivity index (χ1) is 12.1. The largest absolute Gasteiger partial charge is 0.334 e. The van der Waals surface area contributed by atoms with Gasteiger partial charge in [0.05, 0.1) is 10.6 Å². The summed E-state index contributed by atoms with van der Waals surface area (Å²) in [4.78, 5) is 26.9. The number of rotatable bonds is 3. The van der Waals surface area contributed by atoms with Crippen molar-refractivity contribution in [3.63, 3.8) is 0 Å². The number of piperidine rings is 1. The molecule has 2 unspecified atom stereocenters. The number of carbonyl (C=O) groups excluding carboxylic acids is 2. The van der Waals surface area contributed by atoms with Crippen LogP contribution in [0.1, 0.15) is 57.3 Å². The first-order valence-corrected chi connectivity index (χ1v) is 9.41. The molecule has 6 nitrogen and oxygen atoms in total. The molecule has 1 aromatic carbocycles. The lowest BCUT2D eigenvalue weighted by Gasteiger charge is -2.38. The molecule has 1 fully saturated rings. The van der Waals surface area contributed by atoms with Crippen LogP contribution in [0.25, 0.3) is 0 Å². The van der Waals surface area contributed by atoms with Crippen molar-refractivity contribution in [3.05, 3.63) is 28.8 Å². The monoisotopic (exact) mass is 416 g/mol. The number of hydrogen-bond donors (Lipinski definition) is 3. The second-order valence-corrected chi connectivity index (χ2v) is 8.35. The smallest absolute Gasteiger partial charge is 0.319 e. The van der Waals surface area contributed by atoms with Gasteiger partial charge in [-0.15, -0.1) is 12.4 Å². The van der Waals surface area contributed by atoms with Crippen molar-refractivity contribution in [2.45, 2.75) is 64.6 Å². The fourth-order valence-corrected chi connectivity index (χ4v) is 3.38. The zero-order valence-corrected chi connectivity index (χ0v) is 17.9. The van der Waals surface area contributed by atoms with Crippen LogP contribution in [0.15, 0.2) is 18.2 Å². The highest BCUT2D eigenvalue weighted by Gasteiger charge is 2.31. The summed E-state index contributed by atoms with van der Waals surface area (Å²) in [7, 11) is 0. The van der Waals surface area contributed by atoms with E-state index in [9.17, 15) is 9.59 Å². The van der Waals surface area contributed by atoms with Gasteiger partial charge in [-0.25, -0.2) is 4.79 Å². The average Bonchev–Trinajstić information content (AvgIpc) is 2.54. The second kappa shape index (κ2) is 9.62. The minimum atomic E-state index is -0.354. The van der Waals surface area contributed by atoms with Crippen molar-refractivity contribution in [2.24, 2.45) is 5.73 Å². The molecular weight excluding hydrogens is 387 g/mol. The van der Waals surface area contributed by atoms with E-state index < -0.39 is 0 Å². The van der Waals surface area contributed by atoms with Crippen LogP contribution in [0.5, 0.6) is 0 Å². The molecule has 0 bridgehead atoms. The standard InChI is InChI=1S/C19H29ClN4O2.ClH/c1-12(21)16-7-5-6-10-24(16)17(25)14-11-13(8-9-15(14)20)22-18(26)23-19(2,3)4;/h8-9,11-12,16H,5-7,10,21H2,1-4H3,(H2,22,23,26);1H. The summed E-state index contributed by atoms with van der Waals surface area (Å²) in [5.74, 6) is -0.142. The summed E-state index contributed by atoms with van der Waals surface area (Å²) in [6.07, 6.45) is 2.92. The van der Waals surface area contributed by atoms with Crippen LogP contribution in [-0.2, 0) is 0 Å². The number of benzene rings is 1. The van der Waals surface area contributed by atoms with Crippen molar-refractivity contribution in [3.8, 4) is 0 Å². The van der Waals surface area contributed by atoms with Crippen LogP contribution in [0.4, 0.5) is 10.5 Å². The van der Waals surface area contributed by atoms with Gasteiger partial charge in [-0.2, -0.15) is 0 Å². The third kappa shape index (κ3) is 6.55. The van der Waals surface area contributed by atoms with Gasteiger partial charge in [0, 0.05) is 29.9 Å². The molecule has 0 spiro atoms. The van der Waals surface area contributed by atoms with Gasteiger partial charge in [0.25, 0.3) is 5.91 Å². The number of urea groups is 1. The topological polar surface area (TPSA) is 87.5 Å². The molecule has 0 radical (unpaired) electrons. The zero-order chi connectivity index (χ0) is 19.5. The zero-order valence-electron chi connectivity index (χ0n) is 16.3. The maximum Gasteiger partial charge on any atom is 0.319 e. The Bertz CT molecular complexity index is 674. The number of nitrogens with two attached hydrogens (primary N) is 1. The summed E-state index contributed by atoms with van der Waals surface area (Å²) >= 11 is 6.27. The van der Waals surface area contributed by atoms with E-state index in [0.717, 1.165) is 19.3 Å². The fourth-order valence-electron chi connectivity index (χ4n) is 3.18. The molecule has 152 valence electrons. The summed E-state index contributed by atoms with van der Waals surface area (Å²) < 4.78 is 0. The van der Waals surface area contributed by atoms with Crippen LogP contribution in [0.3, 0.4) is 0 Å². The Morgan fingerprint density at radius 1 is 1.30 bits per heavy atom. The van der Waals surface area contributed by atoms with E-state index in [4.69, 9.17) is 17.3 Å². The number of anilines is 1. The molecule has 1 heterocycles. The quantitative estimate of drug-likeness (QED) is 0.694. The van der Waals surface area contributed by atoms with Crippen molar-refractivity contribution >= 4 is 41.6 Å². The molecule has 1 aliphatic heterocycles. The summed E-state index contributed by atoms with van der Waals surface area (Å²) in [5, 5.41) is 5.94. The number of halogens is 2. The third-order valence-corrected chi connectivity index (χ3v) is 4.69. The maximum atomic E-state index is 13.1. The molecule has 4 N–H and O–H groups in total. The van der Waals surface area contributed by atoms with Gasteiger partial charge in [0.2, 0.25) is 0 Å². The van der Waals surface area contributed by atoms with Gasteiger partial charge in [0.15, 0.2) is 0 Å². The van der Waals surface area contributed by atoms with Crippen LogP contribution in [-0.4, -0.2) is 41.0 Å². The highest BCUT2D eigenvalue weighted by molar-refractivity contribution is 6.34. The minimum absolute atomic E-state index is 0. The lowest BCUT2D eigenvalue weighted by molar-refractivity contribution is 0.0584. The molecular formula is C19H30Cl2N4O2. The molecule has 0 saturated carbocycles. The summed E-state index contributed by atoms with van der Waals surface area (Å²) in [5.41, 5.74) is 6.62. The van der Waals surface area contributed by atoms with Crippen LogP contribution in [0.2, 0.25) is 5.02 Å². The normalized spacial score (nSPS) is 18.3. The van der Waals surface area contributed by atoms with Gasteiger partial charge in [-0.1, -0.05) is 11.6 Å². The number of hydrogen-bond acceptors (Lipinski definition) is 3. The molecule has 0 aromatic heterocycles. The van der Waals surface area contributed by atoms with Crippen molar-refractivity contribution in [1.82, 2.24) is 10.2 Å².